The van der Waals surface area contributed by atoms with Gasteiger partial charge in [-0.15, -0.1) is 0 Å². The van der Waals surface area contributed by atoms with Crippen molar-refractivity contribution >= 4 is 5.97 Å². The standard InChI is InChI=1S/C15H22O3/c1-3-12(10-16)13(4-2)11-18-15(17)14-8-6-5-7-9-14/h5-9,12-13,16H,3-4,10-11H2,1-2H3. The van der Waals surface area contributed by atoms with Gasteiger partial charge in [-0.1, -0.05) is 38.5 Å². The first-order chi connectivity index (χ1) is 8.72. The zero-order chi connectivity index (χ0) is 13.4. The van der Waals surface area contributed by atoms with Crippen LogP contribution in [-0.4, -0.2) is 24.3 Å². The lowest BCUT2D eigenvalue weighted by molar-refractivity contribution is 0.0334. The molecule has 100 valence electrons. The van der Waals surface area contributed by atoms with Crippen molar-refractivity contribution in [1.82, 2.24) is 0 Å². The molecule has 0 bridgehead atoms. The number of rotatable bonds is 7. The number of hydrogen-bond donors (Lipinski definition) is 1. The zero-order valence-corrected chi connectivity index (χ0v) is 11.1. The van der Waals surface area contributed by atoms with Crippen LogP contribution >= 0.6 is 0 Å². The van der Waals surface area contributed by atoms with Crippen LogP contribution in [0.4, 0.5) is 0 Å². The average molecular weight is 250 g/mol. The molecule has 0 aliphatic heterocycles. The minimum absolute atomic E-state index is 0.151. The third kappa shape index (κ3) is 4.15. The van der Waals surface area contributed by atoms with Crippen molar-refractivity contribution < 1.29 is 14.6 Å². The molecule has 1 aromatic carbocycles. The Morgan fingerprint density at radius 1 is 1.17 bits per heavy atom. The number of carbonyl (C=O) groups excluding carboxylic acids is 1. The van der Waals surface area contributed by atoms with E-state index in [2.05, 4.69) is 6.92 Å². The van der Waals surface area contributed by atoms with Gasteiger partial charge in [0, 0.05) is 6.61 Å². The number of aliphatic hydroxyl groups is 1. The van der Waals surface area contributed by atoms with Crippen molar-refractivity contribution in [1.29, 1.82) is 0 Å². The molecule has 2 unspecified atom stereocenters. The first kappa shape index (κ1) is 14.7. The summed E-state index contributed by atoms with van der Waals surface area (Å²) in [6.07, 6.45) is 1.80. The van der Waals surface area contributed by atoms with Gasteiger partial charge in [-0.05, 0) is 30.4 Å². The van der Waals surface area contributed by atoms with Crippen LogP contribution in [0.5, 0.6) is 0 Å². The molecule has 0 spiro atoms. The molecule has 0 saturated carbocycles. The maximum absolute atomic E-state index is 11.8. The fourth-order valence-corrected chi connectivity index (χ4v) is 2.04. The number of hydrogen-bond acceptors (Lipinski definition) is 3. The van der Waals surface area contributed by atoms with Crippen LogP contribution < -0.4 is 0 Å². The molecule has 18 heavy (non-hydrogen) atoms. The Morgan fingerprint density at radius 2 is 1.78 bits per heavy atom. The van der Waals surface area contributed by atoms with Crippen LogP contribution in [0.1, 0.15) is 37.0 Å². The molecule has 0 aliphatic rings. The lowest BCUT2D eigenvalue weighted by atomic mass is 9.89. The van der Waals surface area contributed by atoms with Crippen molar-refractivity contribution in [2.24, 2.45) is 11.8 Å². The SMILES string of the molecule is CCC(CO)C(CC)COC(=O)c1ccccc1. The van der Waals surface area contributed by atoms with Crippen molar-refractivity contribution in [3.8, 4) is 0 Å². The van der Waals surface area contributed by atoms with Gasteiger partial charge in [0.1, 0.15) is 0 Å². The second-order valence-electron chi connectivity index (χ2n) is 4.48. The molecule has 1 N–H and O–H groups in total. The number of benzene rings is 1. The molecule has 0 amide bonds. The van der Waals surface area contributed by atoms with Crippen LogP contribution in [0, 0.1) is 11.8 Å². The summed E-state index contributed by atoms with van der Waals surface area (Å²) in [5.41, 5.74) is 0.574. The lowest BCUT2D eigenvalue weighted by Gasteiger charge is -2.22. The monoisotopic (exact) mass is 250 g/mol. The minimum atomic E-state index is -0.290. The van der Waals surface area contributed by atoms with Crippen LogP contribution in [0.2, 0.25) is 0 Å². The summed E-state index contributed by atoms with van der Waals surface area (Å²) in [5, 5.41) is 9.27. The van der Waals surface area contributed by atoms with E-state index < -0.39 is 0 Å². The summed E-state index contributed by atoms with van der Waals surface area (Å²) in [5.74, 6) is 0.146. The number of esters is 1. The van der Waals surface area contributed by atoms with Crippen LogP contribution in [0.3, 0.4) is 0 Å². The average Bonchev–Trinajstić information content (AvgIpc) is 2.44. The molecular formula is C15H22O3. The summed E-state index contributed by atoms with van der Waals surface area (Å²) in [6.45, 7) is 4.63. The summed E-state index contributed by atoms with van der Waals surface area (Å²) >= 11 is 0. The van der Waals surface area contributed by atoms with Gasteiger partial charge in [0.15, 0.2) is 0 Å². The Bertz CT molecular complexity index is 344. The normalized spacial score (nSPS) is 13.9. The number of carbonyl (C=O) groups is 1. The third-order valence-electron chi connectivity index (χ3n) is 3.39. The molecule has 3 nitrogen and oxygen atoms in total. The van der Waals surface area contributed by atoms with Gasteiger partial charge in [-0.3, -0.25) is 0 Å². The van der Waals surface area contributed by atoms with Gasteiger partial charge in [0.25, 0.3) is 0 Å². The molecule has 0 aliphatic carbocycles. The van der Waals surface area contributed by atoms with E-state index in [1.54, 1.807) is 12.1 Å². The van der Waals surface area contributed by atoms with Crippen LogP contribution in [0.15, 0.2) is 30.3 Å². The molecule has 0 fully saturated rings. The highest BCUT2D eigenvalue weighted by Gasteiger charge is 2.19. The molecule has 0 heterocycles. The Balaban J connectivity index is 2.50. The lowest BCUT2D eigenvalue weighted by Crippen LogP contribution is -2.23. The predicted molar refractivity (Wildman–Crippen MR) is 71.4 cm³/mol. The first-order valence-corrected chi connectivity index (χ1v) is 6.55. The summed E-state index contributed by atoms with van der Waals surface area (Å²) in [7, 11) is 0. The van der Waals surface area contributed by atoms with Crippen LogP contribution in [-0.2, 0) is 4.74 Å². The third-order valence-corrected chi connectivity index (χ3v) is 3.39. The van der Waals surface area contributed by atoms with Gasteiger partial charge in [-0.2, -0.15) is 0 Å². The van der Waals surface area contributed by atoms with E-state index in [1.807, 2.05) is 25.1 Å². The molecule has 3 heteroatoms. The predicted octanol–water partition coefficient (Wildman–Crippen LogP) is 2.89. The molecule has 0 aromatic heterocycles. The Labute approximate surface area is 109 Å². The van der Waals surface area contributed by atoms with E-state index in [0.717, 1.165) is 12.8 Å². The zero-order valence-electron chi connectivity index (χ0n) is 11.1. The number of ether oxygens (including phenoxy) is 1. The maximum Gasteiger partial charge on any atom is 0.338 e. The summed E-state index contributed by atoms with van der Waals surface area (Å²) in [6, 6.07) is 8.98. The quantitative estimate of drug-likeness (QED) is 0.757. The topological polar surface area (TPSA) is 46.5 Å². The molecule has 2 atom stereocenters. The fourth-order valence-electron chi connectivity index (χ4n) is 2.04. The highest BCUT2D eigenvalue weighted by atomic mass is 16.5. The first-order valence-electron chi connectivity index (χ1n) is 6.55. The number of aliphatic hydroxyl groups excluding tert-OH is 1. The fraction of sp³-hybridized carbons (Fsp3) is 0.533. The Morgan fingerprint density at radius 3 is 2.28 bits per heavy atom. The molecular weight excluding hydrogens is 228 g/mol. The van der Waals surface area contributed by atoms with Gasteiger partial charge in [0.05, 0.1) is 12.2 Å². The van der Waals surface area contributed by atoms with Crippen molar-refractivity contribution in [2.45, 2.75) is 26.7 Å². The van der Waals surface area contributed by atoms with Gasteiger partial charge >= 0.3 is 5.97 Å². The van der Waals surface area contributed by atoms with E-state index in [4.69, 9.17) is 4.74 Å². The van der Waals surface area contributed by atoms with Crippen molar-refractivity contribution in [3.05, 3.63) is 35.9 Å². The van der Waals surface area contributed by atoms with Gasteiger partial charge < -0.3 is 9.84 Å². The second kappa shape index (κ2) is 7.88. The largest absolute Gasteiger partial charge is 0.462 e. The van der Waals surface area contributed by atoms with Crippen molar-refractivity contribution in [2.75, 3.05) is 13.2 Å². The van der Waals surface area contributed by atoms with Gasteiger partial charge in [0.2, 0.25) is 0 Å². The minimum Gasteiger partial charge on any atom is -0.462 e. The maximum atomic E-state index is 11.8. The second-order valence-corrected chi connectivity index (χ2v) is 4.48. The molecule has 1 rings (SSSR count). The highest BCUT2D eigenvalue weighted by molar-refractivity contribution is 5.89. The molecule has 0 saturated heterocycles. The summed E-state index contributed by atoms with van der Waals surface area (Å²) < 4.78 is 5.32. The highest BCUT2D eigenvalue weighted by Crippen LogP contribution is 2.19. The smallest absolute Gasteiger partial charge is 0.338 e. The van der Waals surface area contributed by atoms with E-state index in [0.29, 0.717) is 12.2 Å². The van der Waals surface area contributed by atoms with E-state index in [1.165, 1.54) is 0 Å². The van der Waals surface area contributed by atoms with Gasteiger partial charge in [-0.25, -0.2) is 4.79 Å². The van der Waals surface area contributed by atoms with Crippen LogP contribution in [0.25, 0.3) is 0 Å². The summed E-state index contributed by atoms with van der Waals surface area (Å²) in [4.78, 5) is 11.8. The van der Waals surface area contributed by atoms with E-state index >= 15 is 0 Å². The Hall–Kier alpha value is -1.35. The molecule has 0 radical (unpaired) electrons. The van der Waals surface area contributed by atoms with Crippen molar-refractivity contribution in [3.63, 3.8) is 0 Å². The van der Waals surface area contributed by atoms with E-state index in [9.17, 15) is 9.90 Å². The Kier molecular flexibility index (Phi) is 6.44. The van der Waals surface area contributed by atoms with E-state index in [-0.39, 0.29) is 24.4 Å². The molecule has 1 aromatic rings.